The third kappa shape index (κ3) is 4.09. The Hall–Kier alpha value is -1.30. The Kier molecular flexibility index (Phi) is 5.85. The molecule has 0 aliphatic heterocycles. The van der Waals surface area contributed by atoms with E-state index in [0.29, 0.717) is 0 Å². The van der Waals surface area contributed by atoms with Gasteiger partial charge in [-0.3, -0.25) is 4.98 Å². The van der Waals surface area contributed by atoms with E-state index in [9.17, 15) is 5.11 Å². The quantitative estimate of drug-likeness (QED) is 0.787. The second kappa shape index (κ2) is 7.64. The van der Waals surface area contributed by atoms with E-state index in [1.807, 2.05) is 18.2 Å². The number of rotatable bonds is 8. The molecule has 114 valence electrons. The third-order valence-corrected chi connectivity index (χ3v) is 4.99. The lowest BCUT2D eigenvalue weighted by molar-refractivity contribution is 0.113. The maximum Gasteiger partial charge on any atom is 0.142 e. The number of hydrogen-bond acceptors (Lipinski definition) is 5. The molecule has 2 aromatic heterocycles. The predicted molar refractivity (Wildman–Crippen MR) is 87.2 cm³/mol. The monoisotopic (exact) mass is 305 g/mol. The van der Waals surface area contributed by atoms with Gasteiger partial charge in [0.05, 0.1) is 11.4 Å². The summed E-state index contributed by atoms with van der Waals surface area (Å²) in [7, 11) is 0. The lowest BCUT2D eigenvalue weighted by Gasteiger charge is -2.29. The van der Waals surface area contributed by atoms with Crippen LogP contribution in [-0.2, 0) is 6.54 Å². The third-order valence-electron chi connectivity index (χ3n) is 4.08. The van der Waals surface area contributed by atoms with Crippen molar-refractivity contribution in [3.8, 4) is 10.7 Å². The molecule has 0 atom stereocenters. The van der Waals surface area contributed by atoms with Gasteiger partial charge in [-0.2, -0.15) is 0 Å². The fourth-order valence-corrected chi connectivity index (χ4v) is 3.03. The molecule has 2 rings (SSSR count). The van der Waals surface area contributed by atoms with Gasteiger partial charge in [0.2, 0.25) is 0 Å². The van der Waals surface area contributed by atoms with Gasteiger partial charge < -0.3 is 10.4 Å². The van der Waals surface area contributed by atoms with Crippen molar-refractivity contribution in [1.82, 2.24) is 15.3 Å². The van der Waals surface area contributed by atoms with Crippen molar-refractivity contribution in [2.45, 2.75) is 33.2 Å². The summed E-state index contributed by atoms with van der Waals surface area (Å²) in [6, 6.07) is 5.85. The number of nitrogens with zero attached hydrogens (tertiary/aromatic N) is 2. The first kappa shape index (κ1) is 16.1. The van der Waals surface area contributed by atoms with E-state index in [-0.39, 0.29) is 12.0 Å². The van der Waals surface area contributed by atoms with Crippen molar-refractivity contribution < 1.29 is 5.11 Å². The lowest BCUT2D eigenvalue weighted by Crippen LogP contribution is -2.36. The molecule has 0 saturated heterocycles. The molecule has 0 saturated carbocycles. The Bertz CT molecular complexity index is 529. The maximum absolute atomic E-state index is 9.56. The topological polar surface area (TPSA) is 58.0 Å². The van der Waals surface area contributed by atoms with Crippen molar-refractivity contribution in [3.63, 3.8) is 0 Å². The minimum atomic E-state index is -0.0141. The number of pyridine rings is 1. The Morgan fingerprint density at radius 3 is 2.71 bits per heavy atom. The van der Waals surface area contributed by atoms with Crippen molar-refractivity contribution in [3.05, 3.63) is 35.5 Å². The Morgan fingerprint density at radius 2 is 2.10 bits per heavy atom. The Morgan fingerprint density at radius 1 is 1.29 bits per heavy atom. The summed E-state index contributed by atoms with van der Waals surface area (Å²) < 4.78 is 0. The first-order valence-electron chi connectivity index (χ1n) is 7.40. The number of thiazole rings is 1. The zero-order chi connectivity index (χ0) is 15.1. The number of hydrogen-bond donors (Lipinski definition) is 2. The SMILES string of the molecule is CCC(CC)(CO)CNCc1csc(-c2ccccn2)n1. The van der Waals surface area contributed by atoms with Crippen LogP contribution in [-0.4, -0.2) is 28.2 Å². The standard InChI is InChI=1S/C16H23N3OS/c1-3-16(4-2,12-20)11-17-9-13-10-21-15(19-13)14-7-5-6-8-18-14/h5-8,10,17,20H,3-4,9,11-12H2,1-2H3. The zero-order valence-corrected chi connectivity index (χ0v) is 13.5. The van der Waals surface area contributed by atoms with E-state index in [4.69, 9.17) is 0 Å². The molecule has 21 heavy (non-hydrogen) atoms. The molecule has 0 amide bonds. The molecule has 0 fully saturated rings. The van der Waals surface area contributed by atoms with Crippen LogP contribution in [0.3, 0.4) is 0 Å². The Labute approximate surface area is 130 Å². The van der Waals surface area contributed by atoms with Crippen molar-refractivity contribution in [2.75, 3.05) is 13.2 Å². The second-order valence-corrected chi connectivity index (χ2v) is 6.19. The molecule has 0 bridgehead atoms. The molecule has 2 heterocycles. The Balaban J connectivity index is 1.92. The highest BCUT2D eigenvalue weighted by atomic mass is 32.1. The zero-order valence-electron chi connectivity index (χ0n) is 12.7. The minimum Gasteiger partial charge on any atom is -0.396 e. The first-order chi connectivity index (χ1) is 10.2. The lowest BCUT2D eigenvalue weighted by atomic mass is 9.83. The highest BCUT2D eigenvalue weighted by Crippen LogP contribution is 2.25. The van der Waals surface area contributed by atoms with E-state index < -0.39 is 0 Å². The van der Waals surface area contributed by atoms with E-state index in [1.165, 1.54) is 0 Å². The number of nitrogens with one attached hydrogen (secondary N) is 1. The van der Waals surface area contributed by atoms with Crippen LogP contribution in [0, 0.1) is 5.41 Å². The van der Waals surface area contributed by atoms with Gasteiger partial charge in [0.25, 0.3) is 0 Å². The van der Waals surface area contributed by atoms with Gasteiger partial charge in [-0.05, 0) is 25.0 Å². The van der Waals surface area contributed by atoms with E-state index in [1.54, 1.807) is 17.5 Å². The second-order valence-electron chi connectivity index (χ2n) is 5.33. The van der Waals surface area contributed by atoms with Crippen LogP contribution in [0.1, 0.15) is 32.4 Å². The van der Waals surface area contributed by atoms with Crippen LogP contribution in [0.2, 0.25) is 0 Å². The molecule has 2 N–H and O–H groups in total. The summed E-state index contributed by atoms with van der Waals surface area (Å²) in [5, 5.41) is 16.0. The summed E-state index contributed by atoms with van der Waals surface area (Å²) in [5.74, 6) is 0. The van der Waals surface area contributed by atoms with E-state index >= 15 is 0 Å². The predicted octanol–water partition coefficient (Wildman–Crippen LogP) is 3.09. The summed E-state index contributed by atoms with van der Waals surface area (Å²) in [6.45, 7) is 6.02. The van der Waals surface area contributed by atoms with Gasteiger partial charge in [0.1, 0.15) is 5.01 Å². The molecular weight excluding hydrogens is 282 g/mol. The van der Waals surface area contributed by atoms with E-state index in [0.717, 1.165) is 42.3 Å². The smallest absolute Gasteiger partial charge is 0.142 e. The van der Waals surface area contributed by atoms with Crippen LogP contribution < -0.4 is 5.32 Å². The van der Waals surface area contributed by atoms with Gasteiger partial charge in [0, 0.05) is 36.7 Å². The van der Waals surface area contributed by atoms with Crippen molar-refractivity contribution in [2.24, 2.45) is 5.41 Å². The van der Waals surface area contributed by atoms with Crippen LogP contribution >= 0.6 is 11.3 Å². The first-order valence-corrected chi connectivity index (χ1v) is 8.28. The fourth-order valence-electron chi connectivity index (χ4n) is 2.23. The number of aliphatic hydroxyl groups excluding tert-OH is 1. The molecular formula is C16H23N3OS. The number of aliphatic hydroxyl groups is 1. The van der Waals surface area contributed by atoms with Crippen LogP contribution in [0.25, 0.3) is 10.7 Å². The highest BCUT2D eigenvalue weighted by molar-refractivity contribution is 7.13. The van der Waals surface area contributed by atoms with Gasteiger partial charge in [-0.1, -0.05) is 19.9 Å². The average molecular weight is 305 g/mol. The van der Waals surface area contributed by atoms with Crippen LogP contribution in [0.4, 0.5) is 0 Å². The van der Waals surface area contributed by atoms with Gasteiger partial charge >= 0.3 is 0 Å². The molecule has 2 aromatic rings. The minimum absolute atomic E-state index is 0.0141. The number of aromatic nitrogens is 2. The van der Waals surface area contributed by atoms with Gasteiger partial charge in [-0.15, -0.1) is 11.3 Å². The summed E-state index contributed by atoms with van der Waals surface area (Å²) in [5.41, 5.74) is 1.93. The molecule has 0 aromatic carbocycles. The van der Waals surface area contributed by atoms with Crippen LogP contribution in [0.15, 0.2) is 29.8 Å². The fraction of sp³-hybridized carbons (Fsp3) is 0.500. The highest BCUT2D eigenvalue weighted by Gasteiger charge is 2.24. The molecule has 0 aliphatic carbocycles. The van der Waals surface area contributed by atoms with Crippen molar-refractivity contribution >= 4 is 11.3 Å². The molecule has 0 radical (unpaired) electrons. The summed E-state index contributed by atoms with van der Waals surface area (Å²) in [6.07, 6.45) is 3.74. The summed E-state index contributed by atoms with van der Waals surface area (Å²) in [4.78, 5) is 8.92. The van der Waals surface area contributed by atoms with Crippen molar-refractivity contribution in [1.29, 1.82) is 0 Å². The van der Waals surface area contributed by atoms with Gasteiger partial charge in [0.15, 0.2) is 0 Å². The van der Waals surface area contributed by atoms with Gasteiger partial charge in [-0.25, -0.2) is 4.98 Å². The molecule has 4 nitrogen and oxygen atoms in total. The average Bonchev–Trinajstić information content (AvgIpc) is 3.02. The normalized spacial score (nSPS) is 11.8. The maximum atomic E-state index is 9.56. The molecule has 0 spiro atoms. The largest absolute Gasteiger partial charge is 0.396 e. The molecule has 0 unspecified atom stereocenters. The molecule has 0 aliphatic rings. The summed E-state index contributed by atoms with van der Waals surface area (Å²) >= 11 is 1.61. The van der Waals surface area contributed by atoms with E-state index in [2.05, 4.69) is 34.5 Å². The molecule has 5 heteroatoms. The van der Waals surface area contributed by atoms with Crippen LogP contribution in [0.5, 0.6) is 0 Å².